The van der Waals surface area contributed by atoms with Gasteiger partial charge in [0.15, 0.2) is 0 Å². The van der Waals surface area contributed by atoms with Crippen LogP contribution in [-0.2, 0) is 27.6 Å². The van der Waals surface area contributed by atoms with E-state index in [1.54, 1.807) is 25.4 Å². The van der Waals surface area contributed by atoms with E-state index in [4.69, 9.17) is 19.2 Å². The van der Waals surface area contributed by atoms with Crippen LogP contribution in [0.15, 0.2) is 36.5 Å². The summed E-state index contributed by atoms with van der Waals surface area (Å²) in [4.78, 5) is 18.4. The standard InChI is InChI=1S/C34H47N5O5SSi/c1-22-18-27(42-8)28(24-14-15-38(30(22)24)32(40)44-33(2,3)4)29(37-45(41)34(5,6)7)31-36-25-19-23(20-35)12-13-26(25)39(31)21-43-16-17-46(9,10)11/h12-15,18-19,29,37H,16-17,21H2,1-11H3. The molecule has 2 aromatic carbocycles. The van der Waals surface area contributed by atoms with E-state index >= 15 is 0 Å². The van der Waals surface area contributed by atoms with Gasteiger partial charge in [-0.1, -0.05) is 19.6 Å². The fraction of sp³-hybridized carbons (Fsp3) is 0.500. The molecule has 12 heteroatoms. The third kappa shape index (κ3) is 7.95. The van der Waals surface area contributed by atoms with Gasteiger partial charge in [-0.05, 0) is 90.4 Å². The molecular weight excluding hydrogens is 619 g/mol. The van der Waals surface area contributed by atoms with Crippen molar-refractivity contribution in [3.05, 3.63) is 59.0 Å². The van der Waals surface area contributed by atoms with Gasteiger partial charge in [-0.2, -0.15) is 5.26 Å². The van der Waals surface area contributed by atoms with E-state index in [0.29, 0.717) is 40.3 Å². The maximum Gasteiger partial charge on any atom is 0.419 e. The largest absolute Gasteiger partial charge is 0.598 e. The van der Waals surface area contributed by atoms with Crippen molar-refractivity contribution in [2.45, 2.75) is 97.3 Å². The maximum absolute atomic E-state index is 13.9. The zero-order chi connectivity index (χ0) is 34.2. The topological polar surface area (TPSA) is 126 Å². The van der Waals surface area contributed by atoms with Crippen molar-refractivity contribution in [3.8, 4) is 11.8 Å². The number of fused-ring (bicyclic) bond motifs is 2. The first-order valence-corrected chi connectivity index (χ1v) is 20.3. The Hall–Kier alpha value is -3.34. The van der Waals surface area contributed by atoms with Gasteiger partial charge >= 0.3 is 6.09 Å². The Labute approximate surface area is 276 Å². The van der Waals surface area contributed by atoms with E-state index in [1.807, 2.05) is 71.2 Å². The lowest BCUT2D eigenvalue weighted by Crippen LogP contribution is -2.42. The number of aromatic nitrogens is 3. The molecular formula is C34H47N5O5SSi. The van der Waals surface area contributed by atoms with Gasteiger partial charge in [0.1, 0.15) is 34.7 Å². The van der Waals surface area contributed by atoms with Crippen molar-refractivity contribution >= 4 is 47.5 Å². The Morgan fingerprint density at radius 1 is 1.15 bits per heavy atom. The Kier molecular flexibility index (Phi) is 10.4. The molecule has 2 atom stereocenters. The molecule has 0 fully saturated rings. The third-order valence-electron chi connectivity index (χ3n) is 7.42. The van der Waals surface area contributed by atoms with Crippen LogP contribution in [-0.4, -0.2) is 56.9 Å². The molecule has 0 aliphatic heterocycles. The highest BCUT2D eigenvalue weighted by Crippen LogP contribution is 2.40. The summed E-state index contributed by atoms with van der Waals surface area (Å²) >= 11 is -1.54. The number of methoxy groups -OCH3 is 1. The number of hydrogen-bond acceptors (Lipinski definition) is 8. The molecule has 0 aliphatic carbocycles. The highest BCUT2D eigenvalue weighted by atomic mass is 32.2. The minimum absolute atomic E-state index is 0.207. The van der Waals surface area contributed by atoms with Crippen molar-refractivity contribution in [2.75, 3.05) is 13.7 Å². The minimum atomic E-state index is -1.54. The van der Waals surface area contributed by atoms with Gasteiger partial charge in [0.2, 0.25) is 0 Å². The van der Waals surface area contributed by atoms with Gasteiger partial charge in [-0.15, -0.1) is 4.72 Å². The number of benzene rings is 2. The molecule has 0 aliphatic rings. The second kappa shape index (κ2) is 13.4. The molecule has 0 saturated heterocycles. The molecule has 248 valence electrons. The van der Waals surface area contributed by atoms with Crippen molar-refractivity contribution in [1.82, 2.24) is 18.8 Å². The molecule has 0 radical (unpaired) electrons. The molecule has 46 heavy (non-hydrogen) atoms. The number of carbonyl (C=O) groups excluding carboxylic acids is 1. The van der Waals surface area contributed by atoms with E-state index in [0.717, 1.165) is 22.5 Å². The molecule has 4 aromatic rings. The van der Waals surface area contributed by atoms with Crippen molar-refractivity contribution in [2.24, 2.45) is 0 Å². The number of nitrogens with one attached hydrogen (secondary N) is 1. The first kappa shape index (κ1) is 35.5. The zero-order valence-corrected chi connectivity index (χ0v) is 30.7. The van der Waals surface area contributed by atoms with Crippen LogP contribution >= 0.6 is 0 Å². The summed E-state index contributed by atoms with van der Waals surface area (Å²) in [6.07, 6.45) is 1.19. The van der Waals surface area contributed by atoms with Gasteiger partial charge in [0.25, 0.3) is 0 Å². The highest BCUT2D eigenvalue weighted by molar-refractivity contribution is 7.90. The van der Waals surface area contributed by atoms with Crippen molar-refractivity contribution in [1.29, 1.82) is 5.26 Å². The third-order valence-corrected chi connectivity index (χ3v) is 10.7. The number of carbonyl (C=O) groups is 1. The Morgan fingerprint density at radius 2 is 1.85 bits per heavy atom. The maximum atomic E-state index is 13.9. The van der Waals surface area contributed by atoms with Gasteiger partial charge < -0.3 is 23.3 Å². The Bertz CT molecular complexity index is 1770. The number of ether oxygens (including phenoxy) is 3. The second-order valence-corrected chi connectivity index (χ2v) is 22.4. The lowest BCUT2D eigenvalue weighted by Gasteiger charge is -2.29. The molecule has 1 N–H and O–H groups in total. The van der Waals surface area contributed by atoms with Gasteiger partial charge in [-0.3, -0.25) is 4.57 Å². The van der Waals surface area contributed by atoms with E-state index in [-0.39, 0.29) is 6.73 Å². The van der Waals surface area contributed by atoms with Crippen LogP contribution in [0.4, 0.5) is 4.79 Å². The fourth-order valence-corrected chi connectivity index (χ4v) is 6.64. The number of nitrogens with zero attached hydrogens (tertiary/aromatic N) is 4. The predicted molar refractivity (Wildman–Crippen MR) is 186 cm³/mol. The van der Waals surface area contributed by atoms with Gasteiger partial charge in [0.05, 0.1) is 35.3 Å². The highest BCUT2D eigenvalue weighted by Gasteiger charge is 2.36. The van der Waals surface area contributed by atoms with Crippen LogP contribution in [0.25, 0.3) is 21.9 Å². The van der Waals surface area contributed by atoms with Crippen LogP contribution in [0.2, 0.25) is 25.7 Å². The van der Waals surface area contributed by atoms with Crippen molar-refractivity contribution in [3.63, 3.8) is 0 Å². The Balaban J connectivity index is 1.99. The summed E-state index contributed by atoms with van der Waals surface area (Å²) in [5, 5.41) is 10.4. The summed E-state index contributed by atoms with van der Waals surface area (Å²) in [6.45, 7) is 20.8. The summed E-state index contributed by atoms with van der Waals surface area (Å²) in [5.74, 6) is 1.09. The zero-order valence-electron chi connectivity index (χ0n) is 28.9. The van der Waals surface area contributed by atoms with Crippen LogP contribution in [0, 0.1) is 18.3 Å². The lowest BCUT2D eigenvalue weighted by atomic mass is 9.98. The number of nitriles is 1. The van der Waals surface area contributed by atoms with Crippen molar-refractivity contribution < 1.29 is 23.6 Å². The second-order valence-electron chi connectivity index (χ2n) is 14.7. The monoisotopic (exact) mass is 665 g/mol. The van der Waals surface area contributed by atoms with Crippen LogP contribution in [0.1, 0.15) is 70.1 Å². The number of hydrogen-bond donors (Lipinski definition) is 1. The molecule has 0 amide bonds. The first-order chi connectivity index (χ1) is 21.3. The average molecular weight is 666 g/mol. The summed E-state index contributed by atoms with van der Waals surface area (Å²) in [7, 11) is 0.250. The van der Waals surface area contributed by atoms with Gasteiger partial charge in [-0.25, -0.2) is 9.78 Å². The first-order valence-electron chi connectivity index (χ1n) is 15.4. The molecule has 0 saturated carbocycles. The molecule has 10 nitrogen and oxygen atoms in total. The van der Waals surface area contributed by atoms with E-state index in [2.05, 4.69) is 30.4 Å². The van der Waals surface area contributed by atoms with Crippen LogP contribution < -0.4 is 9.46 Å². The minimum Gasteiger partial charge on any atom is -0.598 e. The SMILES string of the molecule is COc1cc(C)c2c(ccn2C(=O)OC(C)(C)C)c1C(N[S+]([O-])C(C)(C)C)c1nc2cc(C#N)ccc2n1COCC[Si](C)(C)C. The summed E-state index contributed by atoms with van der Waals surface area (Å²) in [5.41, 5.74) is 3.32. The Morgan fingerprint density at radius 3 is 2.43 bits per heavy atom. The summed E-state index contributed by atoms with van der Waals surface area (Å²) in [6, 6.07) is 11.5. The summed E-state index contributed by atoms with van der Waals surface area (Å²) < 4.78 is 38.0. The normalized spacial score (nSPS) is 14.0. The van der Waals surface area contributed by atoms with E-state index < -0.39 is 41.9 Å². The molecule has 0 spiro atoms. The molecule has 4 rings (SSSR count). The number of aryl methyl sites for hydroxylation is 1. The molecule has 2 unspecified atom stereocenters. The fourth-order valence-electron chi connectivity index (χ4n) is 5.09. The predicted octanol–water partition coefficient (Wildman–Crippen LogP) is 7.42. The van der Waals surface area contributed by atoms with E-state index in [9.17, 15) is 14.6 Å². The van der Waals surface area contributed by atoms with Gasteiger partial charge in [0, 0.05) is 43.2 Å². The van der Waals surface area contributed by atoms with Crippen LogP contribution in [0.5, 0.6) is 5.75 Å². The molecule has 2 aromatic heterocycles. The number of rotatable bonds is 10. The van der Waals surface area contributed by atoms with E-state index in [1.165, 1.54) is 4.57 Å². The smallest absolute Gasteiger partial charge is 0.419 e. The van der Waals surface area contributed by atoms with Crippen LogP contribution in [0.3, 0.4) is 0 Å². The molecule has 2 heterocycles. The molecule has 0 bridgehead atoms. The average Bonchev–Trinajstić information content (AvgIpc) is 3.54. The quantitative estimate of drug-likeness (QED) is 0.105. The number of imidazole rings is 1. The lowest BCUT2D eigenvalue weighted by molar-refractivity contribution is 0.0544.